The summed E-state index contributed by atoms with van der Waals surface area (Å²) in [5.74, 6) is -0.985. The Morgan fingerprint density at radius 2 is 1.16 bits per heavy atom. The van der Waals surface area contributed by atoms with Crippen LogP contribution in [0.3, 0.4) is 0 Å². The molecule has 2 amide bonds. The molecular formula is C34H32BBr2N3O9. The number of carbonyl (C=O) groups is 4. The molecule has 49 heavy (non-hydrogen) atoms. The highest BCUT2D eigenvalue weighted by molar-refractivity contribution is 9.10. The number of rotatable bonds is 1. The maximum Gasteiger partial charge on any atom is 0.494 e. The summed E-state index contributed by atoms with van der Waals surface area (Å²) in [5, 5.41) is 5.82. The first kappa shape index (κ1) is 36.1. The van der Waals surface area contributed by atoms with Crippen LogP contribution in [0.2, 0.25) is 0 Å². The third kappa shape index (κ3) is 8.35. The van der Waals surface area contributed by atoms with E-state index in [-0.39, 0.29) is 49.1 Å². The van der Waals surface area contributed by atoms with Gasteiger partial charge in [0.1, 0.15) is 0 Å². The van der Waals surface area contributed by atoms with Gasteiger partial charge in [-0.2, -0.15) is 0 Å². The standard InChI is InChI=1S/C16H20BNO4.C10H8BrNO2.C8H4BrNO3/c1-15(2)16(3,4)22-17(21-15)10-5-6-12-11(9-10)13(19)7-8-14(20)18-12;11-6-1-2-8-7(5-6)9(13)3-4-10(14)12-8;9-4-1-2-6-5(3-4)7(11)13-8(12)10-6/h5-6,9H,7-8H2,1-4H3,(H,18,20);1-2,5H,3-4H2,(H,12,14);1-3H,(H,10,12). The summed E-state index contributed by atoms with van der Waals surface area (Å²) < 4.78 is 18.0. The summed E-state index contributed by atoms with van der Waals surface area (Å²) in [4.78, 5) is 70.9. The van der Waals surface area contributed by atoms with Gasteiger partial charge in [0.2, 0.25) is 11.8 Å². The minimum atomic E-state index is -0.736. The lowest BCUT2D eigenvalue weighted by Crippen LogP contribution is -2.41. The van der Waals surface area contributed by atoms with Crippen molar-refractivity contribution in [2.45, 2.75) is 64.6 Å². The second-order valence-electron chi connectivity index (χ2n) is 12.5. The minimum absolute atomic E-state index is 0.0136. The Morgan fingerprint density at radius 3 is 1.76 bits per heavy atom. The number of hydrogen-bond donors (Lipinski definition) is 3. The maximum absolute atomic E-state index is 12.2. The molecule has 1 fully saturated rings. The lowest BCUT2D eigenvalue weighted by molar-refractivity contribution is -0.116. The molecule has 254 valence electrons. The van der Waals surface area contributed by atoms with Crippen molar-refractivity contribution in [2.75, 3.05) is 10.6 Å². The molecule has 7 rings (SSSR count). The first-order valence-electron chi connectivity index (χ1n) is 15.3. The molecule has 0 spiro atoms. The zero-order chi connectivity index (χ0) is 35.7. The van der Waals surface area contributed by atoms with Crippen molar-refractivity contribution in [3.63, 3.8) is 0 Å². The SMILES string of the molecule is CC1(C)OB(c2ccc3c(c2)C(=O)CCC(=O)N3)OC1(C)C.O=C1CCC(=O)c2cc(Br)ccc2N1.O=c1[nH]c2ccc(Br)cc2c(=O)o1. The van der Waals surface area contributed by atoms with Crippen LogP contribution in [0.15, 0.2) is 77.5 Å². The number of Topliss-reactive ketones (excluding diaryl/α,β-unsaturated/α-hetero) is 2. The van der Waals surface area contributed by atoms with Gasteiger partial charge in [0, 0.05) is 45.8 Å². The molecule has 1 saturated heterocycles. The van der Waals surface area contributed by atoms with Crippen molar-refractivity contribution < 1.29 is 32.9 Å². The fourth-order valence-corrected chi connectivity index (χ4v) is 5.82. The van der Waals surface area contributed by atoms with Gasteiger partial charge in [-0.05, 0) is 81.7 Å². The summed E-state index contributed by atoms with van der Waals surface area (Å²) >= 11 is 6.51. The van der Waals surface area contributed by atoms with Crippen LogP contribution in [0, 0.1) is 0 Å². The van der Waals surface area contributed by atoms with E-state index in [0.717, 1.165) is 14.4 Å². The number of H-pyrrole nitrogens is 1. The van der Waals surface area contributed by atoms with E-state index in [4.69, 9.17) is 9.31 Å². The van der Waals surface area contributed by atoms with E-state index >= 15 is 0 Å². The van der Waals surface area contributed by atoms with Gasteiger partial charge >= 0.3 is 18.5 Å². The Kier molecular flexibility index (Phi) is 10.6. The summed E-state index contributed by atoms with van der Waals surface area (Å²) in [6.45, 7) is 7.95. The first-order valence-corrected chi connectivity index (χ1v) is 16.9. The van der Waals surface area contributed by atoms with Crippen molar-refractivity contribution in [1.29, 1.82) is 0 Å². The molecule has 1 aromatic heterocycles. The van der Waals surface area contributed by atoms with E-state index in [1.54, 1.807) is 48.5 Å². The second-order valence-corrected chi connectivity index (χ2v) is 14.3. The predicted molar refractivity (Wildman–Crippen MR) is 191 cm³/mol. The van der Waals surface area contributed by atoms with Crippen LogP contribution in [0.25, 0.3) is 10.9 Å². The average Bonchev–Trinajstić information content (AvgIpc) is 3.11. The fraction of sp³-hybridized carbons (Fsp3) is 0.294. The number of ketones is 2. The summed E-state index contributed by atoms with van der Waals surface area (Å²) in [6.07, 6.45) is 1.01. The third-order valence-corrected chi connectivity index (χ3v) is 9.47. The average molecular weight is 797 g/mol. The molecule has 12 nitrogen and oxygen atoms in total. The molecule has 0 atom stereocenters. The maximum atomic E-state index is 12.2. The second kappa shape index (κ2) is 14.4. The lowest BCUT2D eigenvalue weighted by atomic mass is 9.78. The van der Waals surface area contributed by atoms with Crippen LogP contribution in [0.1, 0.15) is 74.1 Å². The third-order valence-electron chi connectivity index (χ3n) is 8.48. The number of anilines is 2. The monoisotopic (exact) mass is 795 g/mol. The summed E-state index contributed by atoms with van der Waals surface area (Å²) in [7, 11) is -0.512. The van der Waals surface area contributed by atoms with E-state index in [9.17, 15) is 28.8 Å². The number of aromatic amines is 1. The van der Waals surface area contributed by atoms with Gasteiger partial charge in [-0.1, -0.05) is 37.9 Å². The topological polar surface area (TPSA) is 174 Å². The van der Waals surface area contributed by atoms with Crippen molar-refractivity contribution in [3.05, 3.63) is 95.6 Å². The lowest BCUT2D eigenvalue weighted by Gasteiger charge is -2.32. The van der Waals surface area contributed by atoms with Gasteiger partial charge in [0.15, 0.2) is 11.6 Å². The number of benzene rings is 3. The quantitative estimate of drug-likeness (QED) is 0.210. The molecule has 0 unspecified atom stereocenters. The molecule has 15 heteroatoms. The van der Waals surface area contributed by atoms with Crippen LogP contribution < -0.4 is 27.5 Å². The zero-order valence-electron chi connectivity index (χ0n) is 27.0. The number of hydrogen-bond acceptors (Lipinski definition) is 9. The number of aromatic nitrogens is 1. The molecular weight excluding hydrogens is 765 g/mol. The van der Waals surface area contributed by atoms with Crippen LogP contribution in [-0.4, -0.2) is 46.7 Å². The Balaban J connectivity index is 0.000000151. The molecule has 3 N–H and O–H groups in total. The highest BCUT2D eigenvalue weighted by atomic mass is 79.9. The van der Waals surface area contributed by atoms with E-state index in [1.807, 2.05) is 33.8 Å². The molecule has 4 aromatic rings. The van der Waals surface area contributed by atoms with Crippen LogP contribution >= 0.6 is 31.9 Å². The number of carbonyl (C=O) groups excluding carboxylic acids is 4. The van der Waals surface area contributed by atoms with E-state index in [0.29, 0.717) is 33.4 Å². The summed E-state index contributed by atoms with van der Waals surface area (Å²) in [5.41, 5.74) is 2.08. The smallest absolute Gasteiger partial charge is 0.399 e. The molecule has 0 radical (unpaired) electrons. The van der Waals surface area contributed by atoms with Crippen LogP contribution in [0.4, 0.5) is 11.4 Å². The largest absolute Gasteiger partial charge is 0.494 e. The Hall–Kier alpha value is -4.18. The molecule has 0 bridgehead atoms. The molecule has 3 aromatic carbocycles. The van der Waals surface area contributed by atoms with Gasteiger partial charge in [-0.15, -0.1) is 0 Å². The van der Waals surface area contributed by atoms with Crippen LogP contribution in [-0.2, 0) is 18.9 Å². The minimum Gasteiger partial charge on any atom is -0.399 e. The van der Waals surface area contributed by atoms with E-state index < -0.39 is 29.7 Å². The molecule has 3 aliphatic rings. The van der Waals surface area contributed by atoms with E-state index in [2.05, 4.69) is 51.9 Å². The van der Waals surface area contributed by atoms with Gasteiger partial charge in [0.25, 0.3) is 0 Å². The zero-order valence-corrected chi connectivity index (χ0v) is 30.2. The fourth-order valence-electron chi connectivity index (χ4n) is 5.10. The Morgan fingerprint density at radius 1 is 0.653 bits per heavy atom. The normalized spacial score (nSPS) is 17.6. The number of amides is 2. The van der Waals surface area contributed by atoms with Crippen molar-refractivity contribution in [1.82, 2.24) is 4.98 Å². The number of nitrogens with one attached hydrogen (secondary N) is 3. The van der Waals surface area contributed by atoms with Gasteiger partial charge in [0.05, 0.1) is 33.5 Å². The Labute approximate surface area is 297 Å². The Bertz CT molecular complexity index is 2090. The first-order chi connectivity index (χ1) is 23.0. The molecule has 3 aliphatic heterocycles. The van der Waals surface area contributed by atoms with Crippen molar-refractivity contribution in [2.24, 2.45) is 0 Å². The van der Waals surface area contributed by atoms with Gasteiger partial charge < -0.3 is 24.4 Å². The van der Waals surface area contributed by atoms with Gasteiger partial charge in [-0.3, -0.25) is 24.2 Å². The number of fused-ring (bicyclic) bond motifs is 3. The molecule has 4 heterocycles. The van der Waals surface area contributed by atoms with E-state index in [1.165, 1.54) is 0 Å². The van der Waals surface area contributed by atoms with Crippen molar-refractivity contribution in [3.8, 4) is 0 Å². The molecule has 0 aliphatic carbocycles. The highest BCUT2D eigenvalue weighted by Gasteiger charge is 2.51. The van der Waals surface area contributed by atoms with Gasteiger partial charge in [-0.25, -0.2) is 9.59 Å². The summed E-state index contributed by atoms with van der Waals surface area (Å²) in [6, 6.07) is 15.6. The van der Waals surface area contributed by atoms with Crippen molar-refractivity contribution >= 4 is 90.1 Å². The number of halogens is 2. The van der Waals surface area contributed by atoms with Crippen LogP contribution in [0.5, 0.6) is 0 Å². The molecule has 0 saturated carbocycles. The highest BCUT2D eigenvalue weighted by Crippen LogP contribution is 2.37. The predicted octanol–water partition coefficient (Wildman–Crippen LogP) is 5.51.